The van der Waals surface area contributed by atoms with E-state index in [9.17, 15) is 9.18 Å². The Morgan fingerprint density at radius 3 is 2.90 bits per heavy atom. The lowest BCUT2D eigenvalue weighted by molar-refractivity contribution is 0.0939. The van der Waals surface area contributed by atoms with Gasteiger partial charge < -0.3 is 5.32 Å². The Morgan fingerprint density at radius 1 is 1.45 bits per heavy atom. The van der Waals surface area contributed by atoms with Crippen LogP contribution in [-0.4, -0.2) is 10.9 Å². The molecule has 6 heteroatoms. The zero-order valence-electron chi connectivity index (χ0n) is 10.5. The second-order valence-corrected chi connectivity index (χ2v) is 5.52. The number of benzene rings is 1. The number of pyridine rings is 1. The second kappa shape index (κ2) is 6.33. The van der Waals surface area contributed by atoms with Crippen molar-refractivity contribution in [3.8, 4) is 0 Å². The molecule has 0 aliphatic heterocycles. The lowest BCUT2D eigenvalue weighted by Gasteiger charge is -2.15. The Balaban J connectivity index is 2.17. The minimum Gasteiger partial charge on any atom is -0.345 e. The number of amides is 1. The predicted octanol–water partition coefficient (Wildman–Crippen LogP) is 4.13. The van der Waals surface area contributed by atoms with Gasteiger partial charge in [-0.2, -0.15) is 0 Å². The van der Waals surface area contributed by atoms with Crippen molar-refractivity contribution in [3.05, 3.63) is 63.1 Å². The lowest BCUT2D eigenvalue weighted by Crippen LogP contribution is -2.27. The van der Waals surface area contributed by atoms with Gasteiger partial charge in [-0.3, -0.25) is 4.79 Å². The molecule has 0 saturated carbocycles. The van der Waals surface area contributed by atoms with Crippen LogP contribution in [0, 0.1) is 5.82 Å². The van der Waals surface area contributed by atoms with E-state index in [4.69, 9.17) is 11.6 Å². The van der Waals surface area contributed by atoms with Gasteiger partial charge in [-0.05, 0) is 30.7 Å². The first-order valence-corrected chi connectivity index (χ1v) is 7.02. The Bertz CT molecular complexity index is 651. The molecule has 20 heavy (non-hydrogen) atoms. The molecule has 0 bridgehead atoms. The molecular formula is C14H11BrClFN2O. The zero-order valence-corrected chi connectivity index (χ0v) is 12.9. The van der Waals surface area contributed by atoms with E-state index in [0.717, 1.165) is 22.3 Å². The highest BCUT2D eigenvalue weighted by Crippen LogP contribution is 2.19. The molecule has 1 atom stereocenters. The average molecular weight is 358 g/mol. The molecule has 104 valence electrons. The predicted molar refractivity (Wildman–Crippen MR) is 79.2 cm³/mol. The first-order chi connectivity index (χ1) is 9.47. The normalized spacial score (nSPS) is 12.0. The molecule has 2 rings (SSSR count). The van der Waals surface area contributed by atoms with Gasteiger partial charge >= 0.3 is 0 Å². The smallest absolute Gasteiger partial charge is 0.254 e. The van der Waals surface area contributed by atoms with Gasteiger partial charge in [-0.15, -0.1) is 0 Å². The SMILES string of the molecule is CC(NC(=O)c1cc(F)cnc1Cl)c1cccc(Br)c1. The summed E-state index contributed by atoms with van der Waals surface area (Å²) < 4.78 is 14.0. The molecule has 1 unspecified atom stereocenters. The largest absolute Gasteiger partial charge is 0.345 e. The highest BCUT2D eigenvalue weighted by atomic mass is 79.9. The van der Waals surface area contributed by atoms with Crippen LogP contribution in [0.2, 0.25) is 5.15 Å². The van der Waals surface area contributed by atoms with Crippen LogP contribution in [0.4, 0.5) is 4.39 Å². The number of nitrogens with zero attached hydrogens (tertiary/aromatic N) is 1. The summed E-state index contributed by atoms with van der Waals surface area (Å²) in [4.78, 5) is 15.7. The monoisotopic (exact) mass is 356 g/mol. The minimum absolute atomic E-state index is 0.0218. The summed E-state index contributed by atoms with van der Waals surface area (Å²) in [6.07, 6.45) is 0.969. The molecule has 2 aromatic rings. The molecule has 0 spiro atoms. The zero-order chi connectivity index (χ0) is 14.7. The Kier molecular flexibility index (Phi) is 4.73. The highest BCUT2D eigenvalue weighted by molar-refractivity contribution is 9.10. The van der Waals surface area contributed by atoms with E-state index in [2.05, 4.69) is 26.2 Å². The fraction of sp³-hybridized carbons (Fsp3) is 0.143. The number of hydrogen-bond acceptors (Lipinski definition) is 2. The summed E-state index contributed by atoms with van der Waals surface area (Å²) in [5.41, 5.74) is 0.946. The van der Waals surface area contributed by atoms with E-state index in [1.165, 1.54) is 0 Å². The minimum atomic E-state index is -0.602. The summed E-state index contributed by atoms with van der Waals surface area (Å²) in [5.74, 6) is -1.07. The highest BCUT2D eigenvalue weighted by Gasteiger charge is 2.16. The third kappa shape index (κ3) is 3.55. The molecule has 0 saturated heterocycles. The number of carbonyl (C=O) groups excluding carboxylic acids is 1. The maximum absolute atomic E-state index is 13.1. The van der Waals surface area contributed by atoms with Crippen molar-refractivity contribution < 1.29 is 9.18 Å². The lowest BCUT2D eigenvalue weighted by atomic mass is 10.1. The van der Waals surface area contributed by atoms with Gasteiger partial charge in [-0.1, -0.05) is 39.7 Å². The summed E-state index contributed by atoms with van der Waals surface area (Å²) in [5, 5.41) is 2.73. The third-order valence-electron chi connectivity index (χ3n) is 2.75. The van der Waals surface area contributed by atoms with Crippen molar-refractivity contribution in [1.82, 2.24) is 10.3 Å². The molecule has 1 amide bonds. The molecule has 0 radical (unpaired) electrons. The average Bonchev–Trinajstić information content (AvgIpc) is 2.41. The van der Waals surface area contributed by atoms with Crippen molar-refractivity contribution in [2.24, 2.45) is 0 Å². The fourth-order valence-electron chi connectivity index (χ4n) is 1.72. The van der Waals surface area contributed by atoms with Crippen LogP contribution in [0.15, 0.2) is 41.0 Å². The number of nitrogens with one attached hydrogen (secondary N) is 1. The van der Waals surface area contributed by atoms with E-state index in [0.29, 0.717) is 0 Å². The summed E-state index contributed by atoms with van der Waals surface area (Å²) in [6, 6.07) is 8.39. The van der Waals surface area contributed by atoms with Crippen molar-refractivity contribution in [3.63, 3.8) is 0 Å². The van der Waals surface area contributed by atoms with Gasteiger partial charge in [0.2, 0.25) is 0 Å². The first kappa shape index (κ1) is 14.9. The number of aromatic nitrogens is 1. The topological polar surface area (TPSA) is 42.0 Å². The molecular weight excluding hydrogens is 347 g/mol. The Morgan fingerprint density at radius 2 is 2.20 bits per heavy atom. The molecule has 0 aliphatic rings. The van der Waals surface area contributed by atoms with Gasteiger partial charge in [0, 0.05) is 4.47 Å². The summed E-state index contributed by atoms with van der Waals surface area (Å²) in [6.45, 7) is 1.83. The van der Waals surface area contributed by atoms with E-state index >= 15 is 0 Å². The molecule has 1 N–H and O–H groups in total. The number of halogens is 3. The third-order valence-corrected chi connectivity index (χ3v) is 3.54. The van der Waals surface area contributed by atoms with E-state index in [1.807, 2.05) is 31.2 Å². The standard InChI is InChI=1S/C14H11BrClFN2O/c1-8(9-3-2-4-10(15)5-9)19-14(20)12-6-11(17)7-18-13(12)16/h2-8H,1H3,(H,19,20). The summed E-state index contributed by atoms with van der Waals surface area (Å²) in [7, 11) is 0. The Labute approximate surface area is 129 Å². The van der Waals surface area contributed by atoms with Crippen LogP contribution in [0.1, 0.15) is 28.9 Å². The van der Waals surface area contributed by atoms with E-state index in [1.54, 1.807) is 0 Å². The van der Waals surface area contributed by atoms with Gasteiger partial charge in [0.25, 0.3) is 5.91 Å². The van der Waals surface area contributed by atoms with Crippen LogP contribution in [-0.2, 0) is 0 Å². The van der Waals surface area contributed by atoms with Gasteiger partial charge in [0.1, 0.15) is 11.0 Å². The molecule has 0 fully saturated rings. The number of rotatable bonds is 3. The molecule has 3 nitrogen and oxygen atoms in total. The number of hydrogen-bond donors (Lipinski definition) is 1. The van der Waals surface area contributed by atoms with Crippen LogP contribution in [0.5, 0.6) is 0 Å². The van der Waals surface area contributed by atoms with Gasteiger partial charge in [-0.25, -0.2) is 9.37 Å². The maximum Gasteiger partial charge on any atom is 0.254 e. The Hall–Kier alpha value is -1.46. The van der Waals surface area contributed by atoms with Crippen molar-refractivity contribution in [2.75, 3.05) is 0 Å². The molecule has 0 aliphatic carbocycles. The van der Waals surface area contributed by atoms with Crippen LogP contribution in [0.25, 0.3) is 0 Å². The van der Waals surface area contributed by atoms with Crippen LogP contribution < -0.4 is 5.32 Å². The van der Waals surface area contributed by atoms with E-state index < -0.39 is 11.7 Å². The summed E-state index contributed by atoms with van der Waals surface area (Å²) >= 11 is 9.17. The van der Waals surface area contributed by atoms with Crippen LogP contribution in [0.3, 0.4) is 0 Å². The van der Waals surface area contributed by atoms with Crippen molar-refractivity contribution >= 4 is 33.4 Å². The fourth-order valence-corrected chi connectivity index (χ4v) is 2.32. The maximum atomic E-state index is 13.1. The molecule has 1 heterocycles. The van der Waals surface area contributed by atoms with Gasteiger partial charge in [0.05, 0.1) is 17.8 Å². The molecule has 1 aromatic carbocycles. The number of carbonyl (C=O) groups is 1. The second-order valence-electron chi connectivity index (χ2n) is 4.24. The first-order valence-electron chi connectivity index (χ1n) is 5.84. The van der Waals surface area contributed by atoms with E-state index in [-0.39, 0.29) is 16.8 Å². The molecule has 1 aromatic heterocycles. The van der Waals surface area contributed by atoms with Gasteiger partial charge in [0.15, 0.2) is 0 Å². The van der Waals surface area contributed by atoms with Crippen molar-refractivity contribution in [2.45, 2.75) is 13.0 Å². The quantitative estimate of drug-likeness (QED) is 0.839. The van der Waals surface area contributed by atoms with Crippen molar-refractivity contribution in [1.29, 1.82) is 0 Å². The van der Waals surface area contributed by atoms with Crippen LogP contribution >= 0.6 is 27.5 Å².